The standard InChI is InChI=1S/C19H22FN5O2S/c1-11-6-15(27-14-4-5-16-13(7-14)8-24(3)23-16)9-25(11)10-17-18(20)22-19(28-17)21-12(2)26/h4-5,7-8,11,15H,6,9-10H2,1-3H3,(H,21,22,26)/t11-,15+/m0/s1. The molecule has 1 aliphatic rings. The van der Waals surface area contributed by atoms with Crippen LogP contribution in [0.4, 0.5) is 9.52 Å². The summed E-state index contributed by atoms with van der Waals surface area (Å²) in [6, 6.07) is 6.15. The molecule has 0 spiro atoms. The Morgan fingerprint density at radius 1 is 1.46 bits per heavy atom. The summed E-state index contributed by atoms with van der Waals surface area (Å²) >= 11 is 1.18. The molecule has 1 aliphatic heterocycles. The van der Waals surface area contributed by atoms with Crippen LogP contribution in [0.5, 0.6) is 5.75 Å². The number of halogens is 1. The molecule has 4 rings (SSSR count). The SMILES string of the molecule is CC(=O)Nc1nc(F)c(CN2C[C@H](Oc3ccc4nn(C)cc4c3)C[C@@H]2C)s1. The molecule has 2 aromatic heterocycles. The van der Waals surface area contributed by atoms with Crippen LogP contribution in [0.15, 0.2) is 24.4 Å². The van der Waals surface area contributed by atoms with E-state index in [2.05, 4.69) is 27.2 Å². The number of carbonyl (C=O) groups is 1. The maximum absolute atomic E-state index is 14.1. The molecule has 1 saturated heterocycles. The average molecular weight is 403 g/mol. The molecule has 0 bridgehead atoms. The highest BCUT2D eigenvalue weighted by Crippen LogP contribution is 2.29. The largest absolute Gasteiger partial charge is 0.489 e. The first-order valence-electron chi connectivity index (χ1n) is 9.14. The van der Waals surface area contributed by atoms with Gasteiger partial charge >= 0.3 is 0 Å². The highest BCUT2D eigenvalue weighted by atomic mass is 32.1. The number of thiazole rings is 1. The van der Waals surface area contributed by atoms with Gasteiger partial charge in [-0.25, -0.2) is 0 Å². The molecule has 148 valence electrons. The lowest BCUT2D eigenvalue weighted by Gasteiger charge is -2.19. The van der Waals surface area contributed by atoms with E-state index in [9.17, 15) is 9.18 Å². The van der Waals surface area contributed by atoms with Crippen molar-refractivity contribution in [1.29, 1.82) is 0 Å². The third-order valence-electron chi connectivity index (χ3n) is 4.84. The van der Waals surface area contributed by atoms with E-state index in [4.69, 9.17) is 4.74 Å². The molecule has 1 aromatic carbocycles. The van der Waals surface area contributed by atoms with Crippen molar-refractivity contribution >= 4 is 33.3 Å². The van der Waals surface area contributed by atoms with E-state index in [1.165, 1.54) is 18.3 Å². The summed E-state index contributed by atoms with van der Waals surface area (Å²) in [5, 5.41) is 8.25. The van der Waals surface area contributed by atoms with E-state index in [1.54, 1.807) is 4.68 Å². The van der Waals surface area contributed by atoms with Gasteiger partial charge in [0.05, 0.1) is 10.4 Å². The van der Waals surface area contributed by atoms with Crippen molar-refractivity contribution in [2.24, 2.45) is 7.05 Å². The predicted molar refractivity (Wildman–Crippen MR) is 106 cm³/mol. The normalized spacial score (nSPS) is 20.0. The maximum atomic E-state index is 14.1. The molecule has 2 atom stereocenters. The number of hydrogen-bond donors (Lipinski definition) is 1. The van der Waals surface area contributed by atoms with E-state index in [0.717, 1.165) is 23.1 Å². The topological polar surface area (TPSA) is 72.3 Å². The quantitative estimate of drug-likeness (QED) is 0.708. The van der Waals surface area contributed by atoms with Crippen molar-refractivity contribution < 1.29 is 13.9 Å². The summed E-state index contributed by atoms with van der Waals surface area (Å²) in [4.78, 5) is 17.6. The van der Waals surface area contributed by atoms with Gasteiger partial charge in [0, 0.05) is 51.1 Å². The zero-order chi connectivity index (χ0) is 19.8. The molecular formula is C19H22FN5O2S. The van der Waals surface area contributed by atoms with Crippen molar-refractivity contribution in [2.75, 3.05) is 11.9 Å². The third kappa shape index (κ3) is 4.00. The summed E-state index contributed by atoms with van der Waals surface area (Å²) in [5.74, 6) is 0.0395. The van der Waals surface area contributed by atoms with Crippen molar-refractivity contribution in [3.63, 3.8) is 0 Å². The van der Waals surface area contributed by atoms with Crippen molar-refractivity contribution in [2.45, 2.75) is 39.0 Å². The summed E-state index contributed by atoms with van der Waals surface area (Å²) in [5.41, 5.74) is 0.937. The maximum Gasteiger partial charge on any atom is 0.230 e. The Labute approximate surface area is 166 Å². The van der Waals surface area contributed by atoms with Crippen molar-refractivity contribution in [1.82, 2.24) is 19.7 Å². The number of ether oxygens (including phenoxy) is 1. The molecule has 0 unspecified atom stereocenters. The lowest BCUT2D eigenvalue weighted by molar-refractivity contribution is -0.114. The number of anilines is 1. The van der Waals surface area contributed by atoms with Crippen LogP contribution >= 0.6 is 11.3 Å². The lowest BCUT2D eigenvalue weighted by atomic mass is 10.2. The highest BCUT2D eigenvalue weighted by molar-refractivity contribution is 7.15. The van der Waals surface area contributed by atoms with Crippen LogP contribution in [-0.4, -0.2) is 44.3 Å². The van der Waals surface area contributed by atoms with Crippen LogP contribution in [0.1, 0.15) is 25.1 Å². The molecular weight excluding hydrogens is 381 g/mol. The van der Waals surface area contributed by atoms with Gasteiger partial charge in [-0.15, -0.1) is 0 Å². The molecule has 7 nitrogen and oxygen atoms in total. The number of likely N-dealkylation sites (tertiary alicyclic amines) is 1. The lowest BCUT2D eigenvalue weighted by Crippen LogP contribution is -2.28. The number of nitrogens with one attached hydrogen (secondary N) is 1. The summed E-state index contributed by atoms with van der Waals surface area (Å²) in [6.07, 6.45) is 2.87. The molecule has 1 fully saturated rings. The fourth-order valence-electron chi connectivity index (χ4n) is 3.56. The Balaban J connectivity index is 1.41. The summed E-state index contributed by atoms with van der Waals surface area (Å²) < 4.78 is 22.1. The molecule has 3 heterocycles. The Kier molecular flexibility index (Phi) is 5.03. The van der Waals surface area contributed by atoms with Gasteiger partial charge in [0.1, 0.15) is 11.9 Å². The van der Waals surface area contributed by atoms with Crippen LogP contribution in [0.2, 0.25) is 0 Å². The zero-order valence-electron chi connectivity index (χ0n) is 16.0. The van der Waals surface area contributed by atoms with Crippen LogP contribution in [0.25, 0.3) is 10.9 Å². The number of rotatable bonds is 5. The Morgan fingerprint density at radius 3 is 3.07 bits per heavy atom. The average Bonchev–Trinajstić information content (AvgIpc) is 3.24. The van der Waals surface area contributed by atoms with Crippen molar-refractivity contribution in [3.8, 4) is 5.75 Å². The number of carbonyl (C=O) groups excluding carboxylic acids is 1. The van der Waals surface area contributed by atoms with Crippen LogP contribution in [0.3, 0.4) is 0 Å². The predicted octanol–water partition coefficient (Wildman–Crippen LogP) is 3.17. The van der Waals surface area contributed by atoms with Gasteiger partial charge in [0.25, 0.3) is 0 Å². The first kappa shape index (κ1) is 18.8. The Morgan fingerprint density at radius 2 is 2.29 bits per heavy atom. The molecule has 1 amide bonds. The van der Waals surface area contributed by atoms with Crippen molar-refractivity contribution in [3.05, 3.63) is 35.2 Å². The molecule has 9 heteroatoms. The van der Waals surface area contributed by atoms with E-state index in [0.29, 0.717) is 23.1 Å². The minimum absolute atomic E-state index is 0.0370. The molecule has 28 heavy (non-hydrogen) atoms. The monoisotopic (exact) mass is 403 g/mol. The fourth-order valence-corrected chi connectivity index (χ4v) is 4.48. The van der Waals surface area contributed by atoms with Gasteiger partial charge in [-0.05, 0) is 25.1 Å². The molecule has 0 saturated carbocycles. The van der Waals surface area contributed by atoms with Gasteiger partial charge in [-0.1, -0.05) is 11.3 Å². The van der Waals surface area contributed by atoms with Crippen LogP contribution in [0, 0.1) is 5.95 Å². The number of aryl methyl sites for hydroxylation is 1. The minimum atomic E-state index is -0.521. The van der Waals surface area contributed by atoms with E-state index in [1.807, 2.05) is 31.4 Å². The number of amides is 1. The molecule has 1 N–H and O–H groups in total. The first-order valence-corrected chi connectivity index (χ1v) is 9.96. The second-order valence-corrected chi connectivity index (χ2v) is 8.28. The minimum Gasteiger partial charge on any atom is -0.489 e. The number of fused-ring (bicyclic) bond motifs is 1. The second-order valence-electron chi connectivity index (χ2n) is 7.19. The molecule has 0 aliphatic carbocycles. The highest BCUT2D eigenvalue weighted by Gasteiger charge is 2.31. The van der Waals surface area contributed by atoms with E-state index < -0.39 is 5.95 Å². The number of benzene rings is 1. The van der Waals surface area contributed by atoms with E-state index >= 15 is 0 Å². The molecule has 0 radical (unpaired) electrons. The number of hydrogen-bond acceptors (Lipinski definition) is 6. The van der Waals surface area contributed by atoms with Gasteiger partial charge < -0.3 is 10.1 Å². The zero-order valence-corrected chi connectivity index (χ0v) is 16.8. The number of nitrogens with zero attached hydrogens (tertiary/aromatic N) is 4. The first-order chi connectivity index (χ1) is 13.4. The van der Waals surface area contributed by atoms with E-state index in [-0.39, 0.29) is 18.1 Å². The third-order valence-corrected chi connectivity index (χ3v) is 5.77. The van der Waals surface area contributed by atoms with Gasteiger partial charge in [0.2, 0.25) is 11.9 Å². The van der Waals surface area contributed by atoms with Crippen LogP contribution in [-0.2, 0) is 18.4 Å². The summed E-state index contributed by atoms with van der Waals surface area (Å²) in [6.45, 7) is 4.65. The smallest absolute Gasteiger partial charge is 0.230 e. The van der Waals surface area contributed by atoms with Gasteiger partial charge in [0.15, 0.2) is 5.13 Å². The fraction of sp³-hybridized carbons (Fsp3) is 0.421. The molecule has 3 aromatic rings. The van der Waals surface area contributed by atoms with Gasteiger partial charge in [-0.3, -0.25) is 14.4 Å². The van der Waals surface area contributed by atoms with Gasteiger partial charge in [-0.2, -0.15) is 14.5 Å². The summed E-state index contributed by atoms with van der Waals surface area (Å²) in [7, 11) is 1.90. The van der Waals surface area contributed by atoms with Crippen LogP contribution < -0.4 is 10.1 Å². The second kappa shape index (κ2) is 7.48. The Hall–Kier alpha value is -2.52. The Bertz CT molecular complexity index is 1020. The number of aromatic nitrogens is 3.